The first kappa shape index (κ1) is 16.7. The zero-order valence-electron chi connectivity index (χ0n) is 11.9. The molecule has 25 heavy (non-hydrogen) atoms. The fourth-order valence-corrected chi connectivity index (χ4v) is 2.62. The number of pyridine rings is 1. The Labute approximate surface area is 148 Å². The van der Waals surface area contributed by atoms with Gasteiger partial charge in [-0.3, -0.25) is 10.1 Å². The number of benzene rings is 1. The summed E-state index contributed by atoms with van der Waals surface area (Å²) < 4.78 is 5.76. The van der Waals surface area contributed by atoms with E-state index in [0.29, 0.717) is 4.73 Å². The van der Waals surface area contributed by atoms with E-state index >= 15 is 0 Å². The molecule has 0 unspecified atom stereocenters. The summed E-state index contributed by atoms with van der Waals surface area (Å²) in [6.45, 7) is 0. The first-order chi connectivity index (χ1) is 11.8. The Bertz CT molecular complexity index is 983. The summed E-state index contributed by atoms with van der Waals surface area (Å²) >= 11 is 11.9. The van der Waals surface area contributed by atoms with Crippen molar-refractivity contribution in [2.24, 2.45) is 0 Å². The van der Waals surface area contributed by atoms with Crippen LogP contribution in [0.4, 0.5) is 5.69 Å². The van der Waals surface area contributed by atoms with Crippen LogP contribution < -0.4 is 4.73 Å². The van der Waals surface area contributed by atoms with Crippen LogP contribution in [0.15, 0.2) is 28.9 Å². The molecule has 3 rings (SSSR count). The minimum atomic E-state index is -0.886. The molecule has 0 saturated heterocycles. The number of phenols is 2. The predicted molar refractivity (Wildman–Crippen MR) is 84.1 cm³/mol. The molecule has 2 aromatic heterocycles. The Hall–Kier alpha value is -3.11. The number of rotatable bonds is 3. The van der Waals surface area contributed by atoms with Crippen LogP contribution in [-0.4, -0.2) is 25.3 Å². The minimum absolute atomic E-state index is 0.0113. The quantitative estimate of drug-likeness (QED) is 0.230. The predicted octanol–water partition coefficient (Wildman–Crippen LogP) is 2.66. The summed E-state index contributed by atoms with van der Waals surface area (Å²) in [5.74, 6) is -1.95. The van der Waals surface area contributed by atoms with Gasteiger partial charge in [0.15, 0.2) is 18.1 Å². The van der Waals surface area contributed by atoms with Gasteiger partial charge in [-0.15, -0.1) is 10.2 Å². The van der Waals surface area contributed by atoms with Crippen molar-refractivity contribution >= 4 is 28.9 Å². The molecular formula is C13H6Cl2N4O6. The largest absolute Gasteiger partial charge is 0.619 e. The standard InChI is InChI=1S/C13H6Cl2N4O6/c14-6-3-18(22)4-7(15)10(6)13-17-16-12(25-13)5-1-8(19(23)24)11(21)9(20)2-5/h1-4,20-21H. The van der Waals surface area contributed by atoms with Crippen LogP contribution in [0.5, 0.6) is 11.5 Å². The molecule has 0 fully saturated rings. The second kappa shape index (κ2) is 6.07. The number of aromatic hydroxyl groups is 2. The molecule has 0 amide bonds. The molecule has 0 aliphatic carbocycles. The van der Waals surface area contributed by atoms with Gasteiger partial charge >= 0.3 is 5.69 Å². The molecule has 1 aromatic carbocycles. The smallest absolute Gasteiger partial charge is 0.315 e. The minimum Gasteiger partial charge on any atom is -0.619 e. The number of aromatic nitrogens is 3. The molecule has 10 nitrogen and oxygen atoms in total. The van der Waals surface area contributed by atoms with E-state index in [-0.39, 0.29) is 33.0 Å². The highest BCUT2D eigenvalue weighted by molar-refractivity contribution is 6.38. The highest BCUT2D eigenvalue weighted by Crippen LogP contribution is 2.40. The Morgan fingerprint density at radius 1 is 1.12 bits per heavy atom. The van der Waals surface area contributed by atoms with E-state index in [1.54, 1.807) is 0 Å². The molecule has 3 aromatic rings. The molecule has 0 bridgehead atoms. The van der Waals surface area contributed by atoms with E-state index in [0.717, 1.165) is 24.5 Å². The number of phenolic OH excluding ortho intramolecular Hbond substituents is 2. The molecule has 128 valence electrons. The number of hydrogen-bond donors (Lipinski definition) is 2. The van der Waals surface area contributed by atoms with Gasteiger partial charge in [-0.05, 0) is 6.07 Å². The topological polar surface area (TPSA) is 149 Å². The van der Waals surface area contributed by atoms with E-state index in [1.807, 2.05) is 0 Å². The summed E-state index contributed by atoms with van der Waals surface area (Å²) in [4.78, 5) is 10.0. The Morgan fingerprint density at radius 3 is 2.32 bits per heavy atom. The summed E-state index contributed by atoms with van der Waals surface area (Å²) in [6.07, 6.45) is 2.06. The molecule has 0 aliphatic rings. The van der Waals surface area contributed by atoms with E-state index in [4.69, 9.17) is 27.6 Å². The third-order valence-corrected chi connectivity index (χ3v) is 3.68. The van der Waals surface area contributed by atoms with Crippen LogP contribution in [0.25, 0.3) is 22.9 Å². The van der Waals surface area contributed by atoms with Crippen molar-refractivity contribution in [2.75, 3.05) is 0 Å². The molecule has 2 heterocycles. The van der Waals surface area contributed by atoms with Gasteiger partial charge in [0.25, 0.3) is 5.89 Å². The Morgan fingerprint density at radius 2 is 1.72 bits per heavy atom. The first-order valence-electron chi connectivity index (χ1n) is 6.40. The molecule has 0 saturated carbocycles. The third kappa shape index (κ3) is 2.99. The zero-order valence-corrected chi connectivity index (χ0v) is 13.4. The summed E-state index contributed by atoms with van der Waals surface area (Å²) in [5, 5.41) is 48.6. The lowest BCUT2D eigenvalue weighted by Crippen LogP contribution is -2.24. The van der Waals surface area contributed by atoms with E-state index < -0.39 is 22.1 Å². The highest BCUT2D eigenvalue weighted by atomic mass is 35.5. The molecular weight excluding hydrogens is 379 g/mol. The summed E-state index contributed by atoms with van der Waals surface area (Å²) in [6, 6.07) is 1.96. The third-order valence-electron chi connectivity index (χ3n) is 3.11. The van der Waals surface area contributed by atoms with Crippen molar-refractivity contribution in [1.82, 2.24) is 10.2 Å². The second-order valence-electron chi connectivity index (χ2n) is 4.72. The van der Waals surface area contributed by atoms with E-state index in [1.165, 1.54) is 0 Å². The normalized spacial score (nSPS) is 10.8. The molecule has 0 atom stereocenters. The zero-order chi connectivity index (χ0) is 18.3. The number of nitro groups is 1. The average Bonchev–Trinajstić information content (AvgIpc) is 2.98. The Balaban J connectivity index is 2.11. The van der Waals surface area contributed by atoms with Crippen molar-refractivity contribution < 1.29 is 24.3 Å². The van der Waals surface area contributed by atoms with Crippen LogP contribution in [0.3, 0.4) is 0 Å². The van der Waals surface area contributed by atoms with Crippen LogP contribution in [0.2, 0.25) is 10.0 Å². The van der Waals surface area contributed by atoms with Gasteiger partial charge in [0.2, 0.25) is 11.6 Å². The number of hydrogen-bond acceptors (Lipinski definition) is 8. The Kier molecular flexibility index (Phi) is 4.07. The van der Waals surface area contributed by atoms with Crippen molar-refractivity contribution in [1.29, 1.82) is 0 Å². The molecule has 12 heteroatoms. The average molecular weight is 385 g/mol. The lowest BCUT2D eigenvalue weighted by atomic mass is 10.1. The van der Waals surface area contributed by atoms with Gasteiger partial charge in [-0.25, -0.2) is 0 Å². The van der Waals surface area contributed by atoms with Crippen LogP contribution in [0, 0.1) is 15.3 Å². The van der Waals surface area contributed by atoms with Gasteiger partial charge in [-0.1, -0.05) is 23.2 Å². The van der Waals surface area contributed by atoms with Crippen molar-refractivity contribution in [3.05, 3.63) is 49.9 Å². The van der Waals surface area contributed by atoms with E-state index in [9.17, 15) is 25.5 Å². The summed E-state index contributed by atoms with van der Waals surface area (Å²) in [5.41, 5.74) is -0.646. The molecule has 2 N–H and O–H groups in total. The fraction of sp³-hybridized carbons (Fsp3) is 0. The van der Waals surface area contributed by atoms with Crippen molar-refractivity contribution in [3.63, 3.8) is 0 Å². The van der Waals surface area contributed by atoms with Gasteiger partial charge in [-0.2, -0.15) is 4.73 Å². The SMILES string of the molecule is O=[N+]([O-])c1cc(-c2nnc(-c3c(Cl)c[n+]([O-])cc3Cl)o2)cc(O)c1O. The summed E-state index contributed by atoms with van der Waals surface area (Å²) in [7, 11) is 0. The maximum Gasteiger partial charge on any atom is 0.315 e. The van der Waals surface area contributed by atoms with Gasteiger partial charge in [0.1, 0.15) is 10.0 Å². The van der Waals surface area contributed by atoms with Crippen LogP contribution >= 0.6 is 23.2 Å². The number of nitrogens with zero attached hydrogens (tertiary/aromatic N) is 4. The number of nitro benzene ring substituents is 1. The highest BCUT2D eigenvalue weighted by Gasteiger charge is 2.24. The maximum atomic E-state index is 11.3. The maximum absolute atomic E-state index is 11.3. The van der Waals surface area contributed by atoms with Crippen molar-refractivity contribution in [2.45, 2.75) is 0 Å². The van der Waals surface area contributed by atoms with Crippen molar-refractivity contribution in [3.8, 4) is 34.4 Å². The second-order valence-corrected chi connectivity index (χ2v) is 5.54. The lowest BCUT2D eigenvalue weighted by Gasteiger charge is -2.03. The molecule has 0 aliphatic heterocycles. The molecule has 0 spiro atoms. The van der Waals surface area contributed by atoms with Gasteiger partial charge < -0.3 is 19.8 Å². The number of halogens is 2. The van der Waals surface area contributed by atoms with Crippen LogP contribution in [-0.2, 0) is 0 Å². The van der Waals surface area contributed by atoms with Crippen LogP contribution in [0.1, 0.15) is 0 Å². The van der Waals surface area contributed by atoms with Gasteiger partial charge in [0.05, 0.1) is 10.5 Å². The monoisotopic (exact) mass is 384 g/mol. The fourth-order valence-electron chi connectivity index (χ4n) is 2.02. The lowest BCUT2D eigenvalue weighted by molar-refractivity contribution is -0.605. The molecule has 0 radical (unpaired) electrons. The first-order valence-corrected chi connectivity index (χ1v) is 7.16. The van der Waals surface area contributed by atoms with E-state index in [2.05, 4.69) is 10.2 Å². The van der Waals surface area contributed by atoms with Gasteiger partial charge in [0, 0.05) is 11.6 Å².